The maximum atomic E-state index is 12.6. The van der Waals surface area contributed by atoms with E-state index >= 15 is 0 Å². The zero-order valence-corrected chi connectivity index (χ0v) is 14.8. The van der Waals surface area contributed by atoms with Gasteiger partial charge < -0.3 is 4.90 Å². The lowest BCUT2D eigenvalue weighted by molar-refractivity contribution is -0.120. The standard InChI is InChI=1S/C20H20N6O/c27-19(25-20-21-9-5-10-22-20)16-8-4-11-26(13-16)18-12-17(23-14-24-18)15-6-2-1-3-7-15/h1-3,5-7,9-10,12,14,16H,4,8,11,13H2,(H,21,22,25,27). The van der Waals surface area contributed by atoms with E-state index in [1.807, 2.05) is 36.4 Å². The van der Waals surface area contributed by atoms with Crippen LogP contribution in [-0.2, 0) is 4.79 Å². The summed E-state index contributed by atoms with van der Waals surface area (Å²) in [7, 11) is 0. The van der Waals surface area contributed by atoms with Crippen LogP contribution in [0.5, 0.6) is 0 Å². The highest BCUT2D eigenvalue weighted by molar-refractivity contribution is 5.91. The van der Waals surface area contributed by atoms with Crippen LogP contribution in [0.1, 0.15) is 12.8 Å². The van der Waals surface area contributed by atoms with Crippen molar-refractivity contribution in [3.63, 3.8) is 0 Å². The van der Waals surface area contributed by atoms with Gasteiger partial charge in [0.15, 0.2) is 0 Å². The minimum absolute atomic E-state index is 0.0526. The lowest BCUT2D eigenvalue weighted by atomic mass is 9.97. The second kappa shape index (κ2) is 7.90. The summed E-state index contributed by atoms with van der Waals surface area (Å²) >= 11 is 0. The van der Waals surface area contributed by atoms with Gasteiger partial charge >= 0.3 is 0 Å². The number of nitrogens with one attached hydrogen (secondary N) is 1. The summed E-state index contributed by atoms with van der Waals surface area (Å²) in [5.74, 6) is 1.01. The lowest BCUT2D eigenvalue weighted by Gasteiger charge is -2.32. The molecule has 0 radical (unpaired) electrons. The van der Waals surface area contributed by atoms with Crippen LogP contribution in [0.3, 0.4) is 0 Å². The van der Waals surface area contributed by atoms with E-state index in [2.05, 4.69) is 30.2 Å². The summed E-state index contributed by atoms with van der Waals surface area (Å²) in [6.45, 7) is 1.49. The van der Waals surface area contributed by atoms with Gasteiger partial charge in [-0.2, -0.15) is 0 Å². The molecule has 2 aromatic heterocycles. The third-order valence-electron chi connectivity index (χ3n) is 4.64. The van der Waals surface area contributed by atoms with E-state index in [4.69, 9.17) is 0 Å². The first-order valence-electron chi connectivity index (χ1n) is 9.00. The van der Waals surface area contributed by atoms with Crippen molar-refractivity contribution in [2.24, 2.45) is 5.92 Å². The SMILES string of the molecule is O=C(Nc1ncccn1)C1CCCN(c2cc(-c3ccccc3)ncn2)C1. The van der Waals surface area contributed by atoms with Gasteiger partial charge in [-0.15, -0.1) is 0 Å². The number of amides is 1. The van der Waals surface area contributed by atoms with Crippen molar-refractivity contribution < 1.29 is 4.79 Å². The van der Waals surface area contributed by atoms with Crippen molar-refractivity contribution in [1.82, 2.24) is 19.9 Å². The summed E-state index contributed by atoms with van der Waals surface area (Å²) < 4.78 is 0. The van der Waals surface area contributed by atoms with Crippen molar-refractivity contribution in [2.45, 2.75) is 12.8 Å². The Kier molecular flexibility index (Phi) is 5.00. The first-order valence-corrected chi connectivity index (χ1v) is 9.00. The number of hydrogen-bond acceptors (Lipinski definition) is 6. The number of carbonyl (C=O) groups excluding carboxylic acids is 1. The molecule has 7 heteroatoms. The predicted octanol–water partition coefficient (Wildman–Crippen LogP) is 2.79. The van der Waals surface area contributed by atoms with Crippen LogP contribution in [0.25, 0.3) is 11.3 Å². The Labute approximate surface area is 157 Å². The summed E-state index contributed by atoms with van der Waals surface area (Å²) in [6.07, 6.45) is 6.58. The first-order chi connectivity index (χ1) is 13.3. The van der Waals surface area contributed by atoms with Gasteiger partial charge in [-0.1, -0.05) is 30.3 Å². The van der Waals surface area contributed by atoms with Crippen LogP contribution in [0.2, 0.25) is 0 Å². The van der Waals surface area contributed by atoms with E-state index in [0.717, 1.165) is 36.5 Å². The van der Waals surface area contributed by atoms with Crippen LogP contribution in [0, 0.1) is 5.92 Å². The highest BCUT2D eigenvalue weighted by Crippen LogP contribution is 2.25. The fourth-order valence-electron chi connectivity index (χ4n) is 3.26. The number of aromatic nitrogens is 4. The van der Waals surface area contributed by atoms with E-state index in [1.54, 1.807) is 24.8 Å². The minimum Gasteiger partial charge on any atom is -0.356 e. The topological polar surface area (TPSA) is 83.9 Å². The van der Waals surface area contributed by atoms with Crippen molar-refractivity contribution in [3.05, 3.63) is 61.2 Å². The maximum absolute atomic E-state index is 12.6. The summed E-state index contributed by atoms with van der Waals surface area (Å²) in [4.78, 5) is 31.7. The summed E-state index contributed by atoms with van der Waals surface area (Å²) in [5, 5.41) is 2.80. The molecule has 0 bridgehead atoms. The molecule has 0 spiro atoms. The van der Waals surface area contributed by atoms with Gasteiger partial charge in [-0.25, -0.2) is 19.9 Å². The number of rotatable bonds is 4. The number of carbonyl (C=O) groups is 1. The molecule has 1 atom stereocenters. The van der Waals surface area contributed by atoms with E-state index < -0.39 is 0 Å². The van der Waals surface area contributed by atoms with Gasteiger partial charge in [0.2, 0.25) is 11.9 Å². The minimum atomic E-state index is -0.127. The molecule has 0 saturated carbocycles. The zero-order valence-electron chi connectivity index (χ0n) is 14.8. The predicted molar refractivity (Wildman–Crippen MR) is 103 cm³/mol. The van der Waals surface area contributed by atoms with Crippen LogP contribution < -0.4 is 10.2 Å². The van der Waals surface area contributed by atoms with Gasteiger partial charge in [0.25, 0.3) is 0 Å². The molecule has 1 N–H and O–H groups in total. The molecule has 3 heterocycles. The second-order valence-corrected chi connectivity index (χ2v) is 6.47. The lowest BCUT2D eigenvalue weighted by Crippen LogP contribution is -2.41. The van der Waals surface area contributed by atoms with Gasteiger partial charge in [-0.05, 0) is 18.9 Å². The Hall–Kier alpha value is -3.35. The van der Waals surface area contributed by atoms with Crippen molar-refractivity contribution in [1.29, 1.82) is 0 Å². The van der Waals surface area contributed by atoms with E-state index in [0.29, 0.717) is 12.5 Å². The average Bonchev–Trinajstić information content (AvgIpc) is 2.75. The molecule has 7 nitrogen and oxygen atoms in total. The Bertz CT molecular complexity index is 903. The molecule has 1 unspecified atom stereocenters. The molecule has 3 aromatic rings. The van der Waals surface area contributed by atoms with E-state index in [-0.39, 0.29) is 11.8 Å². The molecule has 136 valence electrons. The molecule has 27 heavy (non-hydrogen) atoms. The van der Waals surface area contributed by atoms with Crippen LogP contribution in [0.4, 0.5) is 11.8 Å². The summed E-state index contributed by atoms with van der Waals surface area (Å²) in [5.41, 5.74) is 1.93. The van der Waals surface area contributed by atoms with Gasteiger partial charge in [0.05, 0.1) is 11.6 Å². The van der Waals surface area contributed by atoms with Crippen LogP contribution >= 0.6 is 0 Å². The van der Waals surface area contributed by atoms with E-state index in [9.17, 15) is 4.79 Å². The Balaban J connectivity index is 1.47. The third kappa shape index (κ3) is 4.08. The zero-order chi connectivity index (χ0) is 18.5. The Morgan fingerprint density at radius 2 is 1.85 bits per heavy atom. The van der Waals surface area contributed by atoms with Crippen molar-refractivity contribution >= 4 is 17.7 Å². The Morgan fingerprint density at radius 3 is 2.67 bits per heavy atom. The highest BCUT2D eigenvalue weighted by Gasteiger charge is 2.27. The molecule has 4 rings (SSSR count). The van der Waals surface area contributed by atoms with Gasteiger partial charge in [0.1, 0.15) is 12.1 Å². The molecule has 1 aliphatic heterocycles. The third-order valence-corrected chi connectivity index (χ3v) is 4.64. The molecular formula is C20H20N6O. The van der Waals surface area contributed by atoms with Gasteiger partial charge in [0, 0.05) is 37.1 Å². The molecule has 1 aliphatic rings. The molecule has 0 aliphatic carbocycles. The molecular weight excluding hydrogens is 340 g/mol. The van der Waals surface area contributed by atoms with Crippen molar-refractivity contribution in [3.8, 4) is 11.3 Å². The number of nitrogens with zero attached hydrogens (tertiary/aromatic N) is 5. The molecule has 1 saturated heterocycles. The quantitative estimate of drug-likeness (QED) is 0.770. The molecule has 1 fully saturated rings. The molecule has 1 aromatic carbocycles. The monoisotopic (exact) mass is 360 g/mol. The summed E-state index contributed by atoms with van der Waals surface area (Å²) in [6, 6.07) is 13.7. The number of benzene rings is 1. The van der Waals surface area contributed by atoms with Crippen LogP contribution in [0.15, 0.2) is 61.2 Å². The number of anilines is 2. The highest BCUT2D eigenvalue weighted by atomic mass is 16.2. The fourth-order valence-corrected chi connectivity index (χ4v) is 3.26. The fraction of sp³-hybridized carbons (Fsp3) is 0.250. The number of piperidine rings is 1. The smallest absolute Gasteiger partial charge is 0.231 e. The largest absolute Gasteiger partial charge is 0.356 e. The second-order valence-electron chi connectivity index (χ2n) is 6.47. The van der Waals surface area contributed by atoms with Crippen molar-refractivity contribution in [2.75, 3.05) is 23.3 Å². The first kappa shape index (κ1) is 17.1. The molecule has 1 amide bonds. The van der Waals surface area contributed by atoms with E-state index in [1.165, 1.54) is 0 Å². The average molecular weight is 360 g/mol. The number of hydrogen-bond donors (Lipinski definition) is 1. The van der Waals surface area contributed by atoms with Crippen LogP contribution in [-0.4, -0.2) is 38.9 Å². The van der Waals surface area contributed by atoms with Gasteiger partial charge in [-0.3, -0.25) is 10.1 Å². The maximum Gasteiger partial charge on any atom is 0.231 e. The normalized spacial score (nSPS) is 16.7. The Morgan fingerprint density at radius 1 is 1.04 bits per heavy atom.